The maximum atomic E-state index is 12.6. The molecule has 1 fully saturated rings. The number of carboxylic acid groups (broad SMARTS) is 2. The van der Waals surface area contributed by atoms with Gasteiger partial charge in [0.1, 0.15) is 11.9 Å². The number of benzene rings is 2. The first-order valence-corrected chi connectivity index (χ1v) is 12.8. The lowest BCUT2D eigenvalue weighted by molar-refractivity contribution is -0.193. The van der Waals surface area contributed by atoms with Gasteiger partial charge in [0.2, 0.25) is 11.8 Å². The smallest absolute Gasteiger partial charge is 0.475 e. The SMILES string of the molecule is C[C@H](NC(=O)[C@H]1C[C@H](c2cccc(CO)c2)CN1)C(=O)NCc1ccc(C(=N)N)cc1.O=C(O)C(F)(F)F.O=C(O)C(F)(F)F. The Morgan fingerprint density at radius 3 is 1.98 bits per heavy atom. The Morgan fingerprint density at radius 2 is 1.51 bits per heavy atom. The summed E-state index contributed by atoms with van der Waals surface area (Å²) in [5.74, 6) is -5.80. The summed E-state index contributed by atoms with van der Waals surface area (Å²) in [6.07, 6.45) is -9.53. The Morgan fingerprint density at radius 1 is 0.978 bits per heavy atom. The first-order chi connectivity index (χ1) is 20.8. The molecule has 1 saturated heterocycles. The number of nitrogens with one attached hydrogen (secondary N) is 4. The minimum Gasteiger partial charge on any atom is -0.475 e. The van der Waals surface area contributed by atoms with Gasteiger partial charge in [-0.05, 0) is 36.0 Å². The maximum absolute atomic E-state index is 12.6. The Balaban J connectivity index is 0.000000601. The zero-order chi connectivity index (χ0) is 34.5. The fraction of sp³-hybridized carbons (Fsp3) is 0.370. The molecule has 0 spiro atoms. The fourth-order valence-electron chi connectivity index (χ4n) is 3.66. The van der Waals surface area contributed by atoms with Crippen LogP contribution in [0.5, 0.6) is 0 Å². The number of halogens is 6. The molecule has 9 N–H and O–H groups in total. The van der Waals surface area contributed by atoms with Gasteiger partial charge in [-0.1, -0.05) is 48.5 Å². The summed E-state index contributed by atoms with van der Waals surface area (Å²) in [4.78, 5) is 42.8. The van der Waals surface area contributed by atoms with Gasteiger partial charge in [-0.25, -0.2) is 9.59 Å². The maximum Gasteiger partial charge on any atom is 0.490 e. The number of carbonyl (C=O) groups is 4. The summed E-state index contributed by atoms with van der Waals surface area (Å²) in [5, 5.41) is 39.8. The Hall–Kier alpha value is -4.71. The molecule has 0 unspecified atom stereocenters. The average Bonchev–Trinajstić information content (AvgIpc) is 3.46. The van der Waals surface area contributed by atoms with Gasteiger partial charge in [0.25, 0.3) is 0 Å². The van der Waals surface area contributed by atoms with E-state index in [9.17, 15) is 41.0 Å². The summed E-state index contributed by atoms with van der Waals surface area (Å²) in [6.45, 7) is 2.64. The van der Waals surface area contributed by atoms with Crippen molar-refractivity contribution in [2.45, 2.75) is 56.9 Å². The molecular weight excluding hydrogens is 620 g/mol. The molecule has 18 heteroatoms. The van der Waals surface area contributed by atoms with Gasteiger partial charge in [0.15, 0.2) is 0 Å². The summed E-state index contributed by atoms with van der Waals surface area (Å²) in [6, 6.07) is 13.8. The molecule has 0 saturated carbocycles. The van der Waals surface area contributed by atoms with Crippen molar-refractivity contribution in [2.75, 3.05) is 6.54 Å². The third kappa shape index (κ3) is 13.6. The highest BCUT2D eigenvalue weighted by Crippen LogP contribution is 2.26. The average molecular weight is 652 g/mol. The normalized spacial score (nSPS) is 16.5. The second-order valence-corrected chi connectivity index (χ2v) is 9.46. The number of carboxylic acids is 2. The molecule has 2 aromatic carbocycles. The first-order valence-electron chi connectivity index (χ1n) is 12.8. The van der Waals surface area contributed by atoms with Crippen LogP contribution in [-0.4, -0.2) is 75.9 Å². The number of carbonyl (C=O) groups excluding carboxylic acids is 2. The van der Waals surface area contributed by atoms with Gasteiger partial charge in [0.05, 0.1) is 12.6 Å². The molecule has 45 heavy (non-hydrogen) atoms. The monoisotopic (exact) mass is 651 g/mol. The standard InChI is InChI=1S/C23H29N5O3.2C2HF3O2/c1-14(22(30)27-11-15-5-7-17(8-6-15)21(24)25)28-23(31)20-10-19(12-26-20)18-4-2-3-16(9-18)13-29;2*3-2(4,5)1(6)7/h2-9,14,19-20,26,29H,10-13H2,1H3,(H3,24,25)(H,27,30)(H,28,31);2*(H,6,7)/t14-,19-,20+;;/m0../s1. The van der Waals surface area contributed by atoms with Crippen molar-refractivity contribution in [2.24, 2.45) is 5.73 Å². The van der Waals surface area contributed by atoms with Crippen molar-refractivity contribution in [3.63, 3.8) is 0 Å². The number of aliphatic hydroxyl groups excluding tert-OH is 1. The second kappa shape index (κ2) is 17.0. The topological polar surface area (TPSA) is 215 Å². The molecule has 0 bridgehead atoms. The van der Waals surface area contributed by atoms with Crippen molar-refractivity contribution in [3.05, 3.63) is 70.8 Å². The summed E-state index contributed by atoms with van der Waals surface area (Å²) in [7, 11) is 0. The summed E-state index contributed by atoms with van der Waals surface area (Å²) in [5.41, 5.74) is 8.89. The number of alkyl halides is 6. The van der Waals surface area contributed by atoms with Crippen LogP contribution in [0, 0.1) is 5.41 Å². The highest BCUT2D eigenvalue weighted by molar-refractivity contribution is 5.95. The Labute approximate surface area is 252 Å². The van der Waals surface area contributed by atoms with E-state index in [2.05, 4.69) is 16.0 Å². The van der Waals surface area contributed by atoms with E-state index in [1.165, 1.54) is 0 Å². The van der Waals surface area contributed by atoms with Crippen LogP contribution in [0.1, 0.15) is 41.5 Å². The minimum atomic E-state index is -5.08. The number of amidine groups is 1. The van der Waals surface area contributed by atoms with E-state index in [1.54, 1.807) is 31.2 Å². The van der Waals surface area contributed by atoms with Gasteiger partial charge in [0, 0.05) is 18.7 Å². The number of hydrogen-bond donors (Lipinski definition) is 8. The zero-order valence-electron chi connectivity index (χ0n) is 23.5. The lowest BCUT2D eigenvalue weighted by Gasteiger charge is -2.17. The van der Waals surface area contributed by atoms with E-state index < -0.39 is 30.3 Å². The van der Waals surface area contributed by atoms with Gasteiger partial charge >= 0.3 is 24.3 Å². The number of rotatable bonds is 8. The van der Waals surface area contributed by atoms with Gasteiger partial charge < -0.3 is 37.0 Å². The molecule has 1 aliphatic heterocycles. The van der Waals surface area contributed by atoms with Crippen LogP contribution in [0.2, 0.25) is 0 Å². The second-order valence-electron chi connectivity index (χ2n) is 9.46. The number of nitrogens with two attached hydrogens (primary N) is 1. The molecule has 0 aromatic heterocycles. The molecule has 1 aliphatic rings. The number of nitrogen functional groups attached to an aromatic ring is 1. The van der Waals surface area contributed by atoms with Crippen molar-refractivity contribution < 1.29 is 60.8 Å². The molecule has 3 atom stereocenters. The predicted molar refractivity (Wildman–Crippen MR) is 146 cm³/mol. The molecule has 0 aliphatic carbocycles. The lowest BCUT2D eigenvalue weighted by atomic mass is 9.94. The molecule has 1 heterocycles. The largest absolute Gasteiger partial charge is 0.490 e. The number of aliphatic hydroxyl groups is 1. The van der Waals surface area contributed by atoms with Crippen molar-refractivity contribution >= 4 is 29.6 Å². The zero-order valence-corrected chi connectivity index (χ0v) is 23.5. The van der Waals surface area contributed by atoms with Crippen LogP contribution in [0.3, 0.4) is 0 Å². The van der Waals surface area contributed by atoms with Crippen molar-refractivity contribution in [1.82, 2.24) is 16.0 Å². The Bertz CT molecular complexity index is 1310. The quantitative estimate of drug-likeness (QED) is 0.119. The third-order valence-corrected chi connectivity index (χ3v) is 6.02. The minimum absolute atomic E-state index is 0.00390. The van der Waals surface area contributed by atoms with Crippen LogP contribution in [-0.2, 0) is 32.3 Å². The van der Waals surface area contributed by atoms with E-state index >= 15 is 0 Å². The first kappa shape index (κ1) is 38.3. The van der Waals surface area contributed by atoms with Crippen molar-refractivity contribution in [3.8, 4) is 0 Å². The molecule has 3 rings (SSSR count). The van der Waals surface area contributed by atoms with Crippen LogP contribution in [0.15, 0.2) is 48.5 Å². The van der Waals surface area contributed by atoms with Crippen LogP contribution in [0.25, 0.3) is 0 Å². The van der Waals surface area contributed by atoms with Gasteiger partial charge in [-0.2, -0.15) is 26.3 Å². The molecule has 0 radical (unpaired) electrons. The van der Waals surface area contributed by atoms with Crippen LogP contribution >= 0.6 is 0 Å². The molecule has 2 amide bonds. The predicted octanol–water partition coefficient (Wildman–Crippen LogP) is 2.00. The van der Waals surface area contributed by atoms with E-state index in [0.717, 1.165) is 16.7 Å². The lowest BCUT2D eigenvalue weighted by Crippen LogP contribution is -2.49. The molecular formula is C27H31F6N5O7. The molecule has 248 valence electrons. The van der Waals surface area contributed by atoms with Gasteiger partial charge in [-0.3, -0.25) is 15.0 Å². The number of hydrogen-bond acceptors (Lipinski definition) is 7. The van der Waals surface area contributed by atoms with E-state index in [0.29, 0.717) is 25.1 Å². The number of aliphatic carboxylic acids is 2. The fourth-order valence-corrected chi connectivity index (χ4v) is 3.66. The van der Waals surface area contributed by atoms with E-state index in [-0.39, 0.29) is 36.2 Å². The van der Waals surface area contributed by atoms with Crippen LogP contribution < -0.4 is 21.7 Å². The molecule has 12 nitrogen and oxygen atoms in total. The van der Waals surface area contributed by atoms with Gasteiger partial charge in [-0.15, -0.1) is 0 Å². The highest BCUT2D eigenvalue weighted by atomic mass is 19.4. The van der Waals surface area contributed by atoms with Crippen molar-refractivity contribution in [1.29, 1.82) is 5.41 Å². The summed E-state index contributed by atoms with van der Waals surface area (Å²) >= 11 is 0. The molecule has 2 aromatic rings. The Kier molecular flexibility index (Phi) is 14.4. The highest BCUT2D eigenvalue weighted by Gasteiger charge is 2.39. The summed E-state index contributed by atoms with van der Waals surface area (Å²) < 4.78 is 63.5. The third-order valence-electron chi connectivity index (χ3n) is 6.02. The number of amides is 2. The van der Waals surface area contributed by atoms with E-state index in [1.807, 2.05) is 24.3 Å². The van der Waals surface area contributed by atoms with E-state index in [4.69, 9.17) is 30.9 Å². The van der Waals surface area contributed by atoms with Crippen LogP contribution in [0.4, 0.5) is 26.3 Å².